The molecule has 1 N–H and O–H groups in total. The first-order valence-electron chi connectivity index (χ1n) is 6.71. The second-order valence-electron chi connectivity index (χ2n) is 4.56. The second-order valence-corrected chi connectivity index (χ2v) is 4.56. The average Bonchev–Trinajstić information content (AvgIpc) is 2.50. The van der Waals surface area contributed by atoms with Crippen molar-refractivity contribution in [3.63, 3.8) is 0 Å². The van der Waals surface area contributed by atoms with Crippen LogP contribution in [0.15, 0.2) is 36.5 Å². The van der Waals surface area contributed by atoms with Crippen LogP contribution in [0.4, 0.5) is 4.39 Å². The van der Waals surface area contributed by atoms with Crippen molar-refractivity contribution in [1.29, 1.82) is 5.26 Å². The Morgan fingerprint density at radius 2 is 2.19 bits per heavy atom. The third-order valence-electron chi connectivity index (χ3n) is 3.00. The van der Waals surface area contributed by atoms with Crippen LogP contribution >= 0.6 is 0 Å². The van der Waals surface area contributed by atoms with Crippen LogP contribution in [0.5, 0.6) is 11.5 Å². The summed E-state index contributed by atoms with van der Waals surface area (Å²) in [5.74, 6) is -0.0477. The molecule has 0 fully saturated rings. The van der Waals surface area contributed by atoms with Crippen LogP contribution in [0.3, 0.4) is 0 Å². The molecule has 0 saturated carbocycles. The maximum absolute atomic E-state index is 13.7. The number of nitriles is 1. The van der Waals surface area contributed by atoms with Gasteiger partial charge in [0.1, 0.15) is 5.75 Å². The average molecular weight is 285 g/mol. The summed E-state index contributed by atoms with van der Waals surface area (Å²) in [6.07, 6.45) is 1.56. The molecule has 5 heteroatoms. The third kappa shape index (κ3) is 3.77. The van der Waals surface area contributed by atoms with Gasteiger partial charge in [-0.05, 0) is 43.8 Å². The first-order valence-corrected chi connectivity index (χ1v) is 6.71. The van der Waals surface area contributed by atoms with Crippen LogP contribution < -0.4 is 10.1 Å². The van der Waals surface area contributed by atoms with E-state index in [1.807, 2.05) is 26.0 Å². The van der Waals surface area contributed by atoms with Crippen molar-refractivity contribution < 1.29 is 9.13 Å². The fraction of sp³-hybridized carbons (Fsp3) is 0.250. The van der Waals surface area contributed by atoms with Gasteiger partial charge in [0.05, 0.1) is 23.5 Å². The van der Waals surface area contributed by atoms with Gasteiger partial charge >= 0.3 is 0 Å². The molecule has 1 atom stereocenters. The molecule has 2 aromatic rings. The number of halogens is 1. The minimum atomic E-state index is -0.570. The van der Waals surface area contributed by atoms with Gasteiger partial charge in [0.25, 0.3) is 0 Å². The summed E-state index contributed by atoms with van der Waals surface area (Å²) in [5, 5.41) is 12.0. The Bertz CT molecular complexity index is 650. The molecular weight excluding hydrogens is 269 g/mol. The molecule has 1 aromatic heterocycles. The summed E-state index contributed by atoms with van der Waals surface area (Å²) >= 11 is 0. The Morgan fingerprint density at radius 3 is 2.76 bits per heavy atom. The number of benzene rings is 1. The van der Waals surface area contributed by atoms with Crippen molar-refractivity contribution in [2.24, 2.45) is 0 Å². The smallest absolute Gasteiger partial charge is 0.167 e. The number of nitrogens with zero attached hydrogens (tertiary/aromatic N) is 2. The molecule has 0 aliphatic carbocycles. The maximum atomic E-state index is 13.7. The van der Waals surface area contributed by atoms with E-state index in [0.717, 1.165) is 18.3 Å². The van der Waals surface area contributed by atoms with Gasteiger partial charge in [0, 0.05) is 6.04 Å². The van der Waals surface area contributed by atoms with Gasteiger partial charge in [-0.3, -0.25) is 4.98 Å². The van der Waals surface area contributed by atoms with Gasteiger partial charge in [0.15, 0.2) is 11.6 Å². The topological polar surface area (TPSA) is 57.9 Å². The van der Waals surface area contributed by atoms with Crippen LogP contribution in [0.1, 0.15) is 31.1 Å². The fourth-order valence-corrected chi connectivity index (χ4v) is 1.90. The Balaban J connectivity index is 2.12. The maximum Gasteiger partial charge on any atom is 0.167 e. The molecule has 1 heterocycles. The SMILES string of the molecule is CCNC(C)c1ccc(Oc2ccc(C#N)cc2F)cn1. The van der Waals surface area contributed by atoms with E-state index in [2.05, 4.69) is 10.3 Å². The Hall–Kier alpha value is -2.45. The van der Waals surface area contributed by atoms with Crippen LogP contribution in [0.2, 0.25) is 0 Å². The second kappa shape index (κ2) is 6.82. The lowest BCUT2D eigenvalue weighted by molar-refractivity contribution is 0.439. The van der Waals surface area contributed by atoms with Crippen LogP contribution in [0, 0.1) is 17.1 Å². The van der Waals surface area contributed by atoms with E-state index in [1.54, 1.807) is 12.3 Å². The highest BCUT2D eigenvalue weighted by molar-refractivity contribution is 5.38. The molecule has 2 rings (SSSR count). The Morgan fingerprint density at radius 1 is 1.38 bits per heavy atom. The number of ether oxygens (including phenoxy) is 1. The van der Waals surface area contributed by atoms with E-state index >= 15 is 0 Å². The molecule has 0 aliphatic heterocycles. The zero-order chi connectivity index (χ0) is 15.2. The molecule has 0 radical (unpaired) electrons. The van der Waals surface area contributed by atoms with Crippen LogP contribution in [0.25, 0.3) is 0 Å². The van der Waals surface area contributed by atoms with E-state index in [1.165, 1.54) is 12.1 Å². The number of rotatable bonds is 5. The number of pyridine rings is 1. The number of hydrogen-bond acceptors (Lipinski definition) is 4. The first-order chi connectivity index (χ1) is 10.1. The van der Waals surface area contributed by atoms with Crippen molar-refractivity contribution in [3.8, 4) is 17.6 Å². The summed E-state index contributed by atoms with van der Waals surface area (Å²) in [6, 6.07) is 9.69. The molecule has 4 nitrogen and oxygen atoms in total. The normalized spacial score (nSPS) is 11.7. The van der Waals surface area contributed by atoms with Gasteiger partial charge < -0.3 is 10.1 Å². The molecule has 0 saturated heterocycles. The molecule has 1 unspecified atom stereocenters. The predicted octanol–water partition coefficient (Wildman–Crippen LogP) is 3.56. The predicted molar refractivity (Wildman–Crippen MR) is 77.5 cm³/mol. The fourth-order valence-electron chi connectivity index (χ4n) is 1.90. The van der Waals surface area contributed by atoms with E-state index < -0.39 is 5.82 Å². The molecule has 0 spiro atoms. The summed E-state index contributed by atoms with van der Waals surface area (Å²) < 4.78 is 19.2. The Labute approximate surface area is 123 Å². The lowest BCUT2D eigenvalue weighted by Gasteiger charge is -2.12. The van der Waals surface area contributed by atoms with Gasteiger partial charge in [-0.2, -0.15) is 5.26 Å². The highest BCUT2D eigenvalue weighted by atomic mass is 19.1. The lowest BCUT2D eigenvalue weighted by Crippen LogP contribution is -2.18. The molecule has 21 heavy (non-hydrogen) atoms. The molecule has 0 amide bonds. The van der Waals surface area contributed by atoms with Gasteiger partial charge in [-0.1, -0.05) is 6.92 Å². The van der Waals surface area contributed by atoms with E-state index in [9.17, 15) is 4.39 Å². The third-order valence-corrected chi connectivity index (χ3v) is 3.00. The van der Waals surface area contributed by atoms with Crippen LogP contribution in [-0.4, -0.2) is 11.5 Å². The largest absolute Gasteiger partial charge is 0.453 e. The first kappa shape index (κ1) is 14.9. The van der Waals surface area contributed by atoms with Crippen molar-refractivity contribution in [2.75, 3.05) is 6.54 Å². The minimum absolute atomic E-state index is 0.0725. The van der Waals surface area contributed by atoms with Gasteiger partial charge in [-0.25, -0.2) is 4.39 Å². The summed E-state index contributed by atoms with van der Waals surface area (Å²) in [4.78, 5) is 4.29. The zero-order valence-corrected chi connectivity index (χ0v) is 11.9. The van der Waals surface area contributed by atoms with Crippen molar-refractivity contribution >= 4 is 0 Å². The number of aromatic nitrogens is 1. The molecule has 0 aliphatic rings. The van der Waals surface area contributed by atoms with Gasteiger partial charge in [-0.15, -0.1) is 0 Å². The van der Waals surface area contributed by atoms with Gasteiger partial charge in [0.2, 0.25) is 0 Å². The zero-order valence-electron chi connectivity index (χ0n) is 11.9. The van der Waals surface area contributed by atoms with Crippen molar-refractivity contribution in [3.05, 3.63) is 53.6 Å². The standard InChI is InChI=1S/C16H16FN3O/c1-3-19-11(2)15-6-5-13(10-20-15)21-16-7-4-12(9-18)8-14(16)17/h4-8,10-11,19H,3H2,1-2H3. The van der Waals surface area contributed by atoms with E-state index in [0.29, 0.717) is 5.75 Å². The monoisotopic (exact) mass is 285 g/mol. The van der Waals surface area contributed by atoms with E-state index in [4.69, 9.17) is 10.00 Å². The highest BCUT2D eigenvalue weighted by Gasteiger charge is 2.08. The summed E-state index contributed by atoms with van der Waals surface area (Å²) in [6.45, 7) is 4.91. The number of hydrogen-bond donors (Lipinski definition) is 1. The quantitative estimate of drug-likeness (QED) is 0.912. The Kier molecular flexibility index (Phi) is 4.85. The number of nitrogens with one attached hydrogen (secondary N) is 1. The molecule has 1 aromatic carbocycles. The van der Waals surface area contributed by atoms with Crippen molar-refractivity contribution in [1.82, 2.24) is 10.3 Å². The highest BCUT2D eigenvalue weighted by Crippen LogP contribution is 2.25. The summed E-state index contributed by atoms with van der Waals surface area (Å²) in [5.41, 5.74) is 1.15. The summed E-state index contributed by atoms with van der Waals surface area (Å²) in [7, 11) is 0. The minimum Gasteiger partial charge on any atom is -0.453 e. The lowest BCUT2D eigenvalue weighted by atomic mass is 10.2. The molecular formula is C16H16FN3O. The van der Waals surface area contributed by atoms with Crippen LogP contribution in [-0.2, 0) is 0 Å². The van der Waals surface area contributed by atoms with E-state index in [-0.39, 0.29) is 17.4 Å². The van der Waals surface area contributed by atoms with Crippen molar-refractivity contribution in [2.45, 2.75) is 19.9 Å². The molecule has 0 bridgehead atoms. The molecule has 108 valence electrons.